The van der Waals surface area contributed by atoms with Gasteiger partial charge in [-0.15, -0.1) is 0 Å². The number of allylic oxidation sites excluding steroid dienone is 1. The summed E-state index contributed by atoms with van der Waals surface area (Å²) >= 11 is 6.44. The smallest absolute Gasteiger partial charge is 0.125 e. The second-order valence-electron chi connectivity index (χ2n) is 11.3. The fourth-order valence-corrected chi connectivity index (χ4v) is 6.14. The van der Waals surface area contributed by atoms with Crippen LogP contribution >= 0.6 is 11.6 Å². The minimum atomic E-state index is 0.504. The Hall–Kier alpha value is -2.95. The van der Waals surface area contributed by atoms with Crippen molar-refractivity contribution in [3.8, 4) is 11.5 Å². The molecule has 1 heterocycles. The molecule has 0 bridgehead atoms. The molecule has 0 aromatic heterocycles. The summed E-state index contributed by atoms with van der Waals surface area (Å²) in [7, 11) is 1.74. The first-order valence-corrected chi connectivity index (χ1v) is 14.6. The van der Waals surface area contributed by atoms with Gasteiger partial charge in [0.05, 0.1) is 17.8 Å². The van der Waals surface area contributed by atoms with Crippen LogP contribution in [0.3, 0.4) is 0 Å². The maximum Gasteiger partial charge on any atom is 0.125 e. The maximum absolute atomic E-state index is 6.44. The average Bonchev–Trinajstić information content (AvgIpc) is 2.94. The summed E-state index contributed by atoms with van der Waals surface area (Å²) in [4.78, 5) is 5.00. The van der Waals surface area contributed by atoms with E-state index in [0.29, 0.717) is 12.5 Å². The van der Waals surface area contributed by atoms with Crippen molar-refractivity contribution in [1.82, 2.24) is 4.90 Å². The van der Waals surface area contributed by atoms with E-state index in [-0.39, 0.29) is 0 Å². The van der Waals surface area contributed by atoms with Gasteiger partial charge >= 0.3 is 0 Å². The van der Waals surface area contributed by atoms with Crippen LogP contribution in [0.25, 0.3) is 5.57 Å². The summed E-state index contributed by atoms with van der Waals surface area (Å²) in [5.41, 5.74) is 9.29. The molecule has 206 valence electrons. The highest BCUT2D eigenvalue weighted by atomic mass is 35.5. The number of halogens is 1. The number of benzene rings is 3. The lowest BCUT2D eigenvalue weighted by Gasteiger charge is -2.37. The second-order valence-corrected chi connectivity index (χ2v) is 11.7. The van der Waals surface area contributed by atoms with Crippen LogP contribution in [0.1, 0.15) is 49.4 Å². The Bertz CT molecular complexity index is 1320. The van der Waals surface area contributed by atoms with Crippen molar-refractivity contribution < 1.29 is 9.47 Å². The van der Waals surface area contributed by atoms with Crippen LogP contribution in [0.2, 0.25) is 5.02 Å². The lowest BCUT2D eigenvalue weighted by atomic mass is 9.86. The molecule has 39 heavy (non-hydrogen) atoms. The van der Waals surface area contributed by atoms with Crippen LogP contribution in [-0.2, 0) is 19.4 Å². The SMILES string of the molecule is COc1cc(CC(C)C)ccc1COc1ccc2c(c1)CCC(CN1CCN(c3ccccc3Cl)CC1)=C2C. The molecule has 0 saturated carbocycles. The van der Waals surface area contributed by atoms with Gasteiger partial charge < -0.3 is 14.4 Å². The minimum absolute atomic E-state index is 0.504. The Balaban J connectivity index is 1.20. The van der Waals surface area contributed by atoms with Crippen LogP contribution in [-0.4, -0.2) is 44.7 Å². The normalized spacial score (nSPS) is 16.0. The number of piperazine rings is 1. The topological polar surface area (TPSA) is 24.9 Å². The molecule has 0 radical (unpaired) electrons. The summed E-state index contributed by atoms with van der Waals surface area (Å²) in [6, 6.07) is 21.3. The van der Waals surface area contributed by atoms with Crippen molar-refractivity contribution in [2.45, 2.75) is 46.6 Å². The van der Waals surface area contributed by atoms with E-state index in [0.717, 1.165) is 79.8 Å². The predicted octanol–water partition coefficient (Wildman–Crippen LogP) is 7.67. The highest BCUT2D eigenvalue weighted by molar-refractivity contribution is 6.33. The lowest BCUT2D eigenvalue weighted by Crippen LogP contribution is -2.47. The molecule has 5 rings (SSSR count). The van der Waals surface area contributed by atoms with E-state index < -0.39 is 0 Å². The molecule has 1 aliphatic carbocycles. The van der Waals surface area contributed by atoms with Crippen molar-refractivity contribution in [3.05, 3.63) is 93.5 Å². The first-order valence-electron chi connectivity index (χ1n) is 14.2. The Morgan fingerprint density at radius 1 is 0.923 bits per heavy atom. The van der Waals surface area contributed by atoms with Crippen LogP contribution in [0.4, 0.5) is 5.69 Å². The van der Waals surface area contributed by atoms with Gasteiger partial charge in [0.1, 0.15) is 18.1 Å². The molecule has 0 N–H and O–H groups in total. The largest absolute Gasteiger partial charge is 0.496 e. The van der Waals surface area contributed by atoms with Gasteiger partial charge in [0.15, 0.2) is 0 Å². The molecule has 1 saturated heterocycles. The van der Waals surface area contributed by atoms with Gasteiger partial charge in [0.25, 0.3) is 0 Å². The van der Waals surface area contributed by atoms with Crippen molar-refractivity contribution >= 4 is 22.9 Å². The monoisotopic (exact) mass is 544 g/mol. The Kier molecular flexibility index (Phi) is 8.84. The third kappa shape index (κ3) is 6.62. The number of nitrogens with zero attached hydrogens (tertiary/aromatic N) is 2. The number of anilines is 1. The number of aryl methyl sites for hydroxylation is 1. The second kappa shape index (κ2) is 12.5. The molecular weight excluding hydrogens is 504 g/mol. The maximum atomic E-state index is 6.44. The minimum Gasteiger partial charge on any atom is -0.496 e. The number of para-hydroxylation sites is 1. The van der Waals surface area contributed by atoms with E-state index in [9.17, 15) is 0 Å². The summed E-state index contributed by atoms with van der Waals surface area (Å²) in [5.74, 6) is 2.45. The number of methoxy groups -OCH3 is 1. The summed E-state index contributed by atoms with van der Waals surface area (Å²) < 4.78 is 11.9. The van der Waals surface area contributed by atoms with E-state index in [1.54, 1.807) is 12.7 Å². The molecule has 0 amide bonds. The van der Waals surface area contributed by atoms with E-state index in [1.807, 2.05) is 12.1 Å². The number of fused-ring (bicyclic) bond motifs is 1. The van der Waals surface area contributed by atoms with Gasteiger partial charge in [-0.1, -0.05) is 61.4 Å². The molecule has 3 aromatic carbocycles. The molecule has 5 heteroatoms. The fourth-order valence-electron chi connectivity index (χ4n) is 5.89. The Labute approximate surface area is 239 Å². The molecule has 1 aliphatic heterocycles. The Morgan fingerprint density at radius 3 is 2.46 bits per heavy atom. The summed E-state index contributed by atoms with van der Waals surface area (Å²) in [5, 5.41) is 0.843. The third-order valence-corrected chi connectivity index (χ3v) is 8.40. The summed E-state index contributed by atoms with van der Waals surface area (Å²) in [6.45, 7) is 12.5. The molecule has 0 atom stereocenters. The highest BCUT2D eigenvalue weighted by Gasteiger charge is 2.23. The van der Waals surface area contributed by atoms with Gasteiger partial charge in [0, 0.05) is 38.3 Å². The van der Waals surface area contributed by atoms with E-state index >= 15 is 0 Å². The van der Waals surface area contributed by atoms with Crippen LogP contribution in [0.5, 0.6) is 11.5 Å². The first kappa shape index (κ1) is 27.6. The van der Waals surface area contributed by atoms with Gasteiger partial charge in [-0.05, 0) is 84.7 Å². The molecule has 4 nitrogen and oxygen atoms in total. The van der Waals surface area contributed by atoms with Crippen molar-refractivity contribution in [2.75, 3.05) is 44.7 Å². The molecular formula is C34H41ClN2O2. The van der Waals surface area contributed by atoms with Crippen molar-refractivity contribution in [2.24, 2.45) is 5.92 Å². The van der Waals surface area contributed by atoms with Crippen molar-refractivity contribution in [1.29, 1.82) is 0 Å². The standard InChI is InChI=1S/C34H41ClN2O2/c1-24(2)19-26-9-10-29(34(20-26)38-4)23-39-30-13-14-31-25(3)28(12-11-27(31)21-30)22-36-15-17-37(18-16-36)33-8-6-5-7-32(33)35/h5-10,13-14,20-21,24H,11-12,15-19,22-23H2,1-4H3. The van der Waals surface area contributed by atoms with E-state index in [1.165, 1.54) is 22.3 Å². The fraction of sp³-hybridized carbons (Fsp3) is 0.412. The van der Waals surface area contributed by atoms with Gasteiger partial charge in [0.2, 0.25) is 0 Å². The summed E-state index contributed by atoms with van der Waals surface area (Å²) in [6.07, 6.45) is 3.22. The Morgan fingerprint density at radius 2 is 1.72 bits per heavy atom. The lowest BCUT2D eigenvalue weighted by molar-refractivity contribution is 0.276. The number of hydrogen-bond acceptors (Lipinski definition) is 4. The number of rotatable bonds is 9. The zero-order valence-corrected chi connectivity index (χ0v) is 24.6. The molecule has 3 aromatic rings. The van der Waals surface area contributed by atoms with Gasteiger partial charge in [-0.3, -0.25) is 4.90 Å². The quantitative estimate of drug-likeness (QED) is 0.276. The van der Waals surface area contributed by atoms with Gasteiger partial charge in [-0.25, -0.2) is 0 Å². The number of hydrogen-bond donors (Lipinski definition) is 0. The van der Waals surface area contributed by atoms with Crippen LogP contribution < -0.4 is 14.4 Å². The van der Waals surface area contributed by atoms with E-state index in [2.05, 4.69) is 79.1 Å². The zero-order chi connectivity index (χ0) is 27.4. The van der Waals surface area contributed by atoms with E-state index in [4.69, 9.17) is 21.1 Å². The van der Waals surface area contributed by atoms with Crippen molar-refractivity contribution in [3.63, 3.8) is 0 Å². The van der Waals surface area contributed by atoms with Gasteiger partial charge in [-0.2, -0.15) is 0 Å². The van der Waals surface area contributed by atoms with Crippen LogP contribution in [0, 0.1) is 5.92 Å². The first-order chi connectivity index (χ1) is 18.9. The predicted molar refractivity (Wildman–Crippen MR) is 163 cm³/mol. The average molecular weight is 545 g/mol. The third-order valence-electron chi connectivity index (χ3n) is 8.08. The highest BCUT2D eigenvalue weighted by Crippen LogP contribution is 2.35. The molecule has 0 spiro atoms. The number of ether oxygens (including phenoxy) is 2. The zero-order valence-electron chi connectivity index (χ0n) is 23.8. The molecule has 1 fully saturated rings. The van der Waals surface area contributed by atoms with Crippen LogP contribution in [0.15, 0.2) is 66.2 Å². The molecule has 2 aliphatic rings. The molecule has 0 unspecified atom stereocenters.